The summed E-state index contributed by atoms with van der Waals surface area (Å²) in [5, 5.41) is 7.10. The summed E-state index contributed by atoms with van der Waals surface area (Å²) >= 11 is 0. The van der Waals surface area contributed by atoms with Crippen molar-refractivity contribution in [3.63, 3.8) is 0 Å². The zero-order chi connectivity index (χ0) is 29.0. The zero-order valence-electron chi connectivity index (χ0n) is 21.3. The summed E-state index contributed by atoms with van der Waals surface area (Å²) in [6.45, 7) is -0.0727. The number of rotatable bonds is 12. The van der Waals surface area contributed by atoms with E-state index in [1.807, 2.05) is 0 Å². The average molecular weight is 565 g/mol. The number of benzene rings is 1. The number of hydrogen-bond donors (Lipinski definition) is 4. The summed E-state index contributed by atoms with van der Waals surface area (Å²) in [4.78, 5) is 49.0. The number of urea groups is 1. The maximum atomic E-state index is 14.0. The van der Waals surface area contributed by atoms with Gasteiger partial charge >= 0.3 is 24.1 Å². The fourth-order valence-corrected chi connectivity index (χ4v) is 4.28. The van der Waals surface area contributed by atoms with E-state index in [9.17, 15) is 41.1 Å². The Morgan fingerprint density at radius 2 is 1.67 bits per heavy atom. The van der Waals surface area contributed by atoms with Crippen molar-refractivity contribution in [2.45, 2.75) is 82.6 Å². The molecule has 0 bridgehead atoms. The van der Waals surface area contributed by atoms with Crippen LogP contribution < -0.4 is 21.7 Å². The Bertz CT molecular complexity index is 1000. The SMILES string of the molecule is NCCCC[C@H](NC(=O)N[C@H](CC1CCCCC1)C(=O)NCc1ccc(F)cc1F)C(=O)OC(=O)C(F)(F)F. The van der Waals surface area contributed by atoms with Gasteiger partial charge < -0.3 is 26.4 Å². The van der Waals surface area contributed by atoms with Gasteiger partial charge in [0, 0.05) is 18.2 Å². The molecule has 1 fully saturated rings. The highest BCUT2D eigenvalue weighted by Crippen LogP contribution is 2.27. The molecule has 14 heteroatoms. The van der Waals surface area contributed by atoms with Gasteiger partial charge in [0.15, 0.2) is 0 Å². The Morgan fingerprint density at radius 3 is 2.28 bits per heavy atom. The van der Waals surface area contributed by atoms with Crippen LogP contribution in [-0.4, -0.2) is 48.7 Å². The third-order valence-electron chi connectivity index (χ3n) is 6.35. The third-order valence-corrected chi connectivity index (χ3v) is 6.35. The molecule has 0 spiro atoms. The quantitative estimate of drug-likeness (QED) is 0.133. The van der Waals surface area contributed by atoms with E-state index in [1.54, 1.807) is 0 Å². The number of halogens is 5. The van der Waals surface area contributed by atoms with Gasteiger partial charge in [0.25, 0.3) is 0 Å². The van der Waals surface area contributed by atoms with E-state index in [-0.39, 0.29) is 43.8 Å². The van der Waals surface area contributed by atoms with E-state index in [2.05, 4.69) is 20.7 Å². The molecule has 2 rings (SSSR count). The van der Waals surface area contributed by atoms with Crippen molar-refractivity contribution in [1.29, 1.82) is 0 Å². The number of amides is 3. The van der Waals surface area contributed by atoms with Crippen LogP contribution in [0, 0.1) is 17.6 Å². The average Bonchev–Trinajstić information content (AvgIpc) is 2.87. The van der Waals surface area contributed by atoms with Crippen molar-refractivity contribution >= 4 is 23.9 Å². The second-order valence-corrected chi connectivity index (χ2v) is 9.41. The molecule has 1 aromatic carbocycles. The monoisotopic (exact) mass is 564 g/mol. The molecule has 0 radical (unpaired) electrons. The first-order valence-electron chi connectivity index (χ1n) is 12.7. The van der Waals surface area contributed by atoms with E-state index >= 15 is 0 Å². The molecule has 0 aliphatic heterocycles. The molecule has 0 unspecified atom stereocenters. The Morgan fingerprint density at radius 1 is 1.00 bits per heavy atom. The van der Waals surface area contributed by atoms with Crippen LogP contribution in [-0.2, 0) is 25.7 Å². The molecule has 1 aliphatic carbocycles. The fraction of sp³-hybridized carbons (Fsp3) is 0.600. The van der Waals surface area contributed by atoms with Gasteiger partial charge in [0.1, 0.15) is 23.7 Å². The number of unbranched alkanes of at least 4 members (excludes halogenated alkanes) is 1. The number of ether oxygens (including phenoxy) is 1. The number of carbonyl (C=O) groups excluding carboxylic acids is 4. The molecule has 1 aromatic rings. The van der Waals surface area contributed by atoms with E-state index in [0.29, 0.717) is 12.5 Å². The predicted octanol–water partition coefficient (Wildman–Crippen LogP) is 3.35. The minimum absolute atomic E-state index is 0.0164. The number of alkyl halides is 3. The molecule has 0 aromatic heterocycles. The largest absolute Gasteiger partial charge is 0.491 e. The Kier molecular flexibility index (Phi) is 12.6. The Labute approximate surface area is 222 Å². The lowest BCUT2D eigenvalue weighted by Crippen LogP contribution is -2.54. The first-order chi connectivity index (χ1) is 18.4. The predicted molar refractivity (Wildman–Crippen MR) is 129 cm³/mol. The highest BCUT2D eigenvalue weighted by atomic mass is 19.4. The maximum Gasteiger partial charge on any atom is 0.491 e. The van der Waals surface area contributed by atoms with Crippen molar-refractivity contribution in [1.82, 2.24) is 16.0 Å². The Hall–Kier alpha value is -3.29. The van der Waals surface area contributed by atoms with Gasteiger partial charge in [-0.05, 0) is 44.2 Å². The number of esters is 2. The van der Waals surface area contributed by atoms with Crippen LogP contribution >= 0.6 is 0 Å². The lowest BCUT2D eigenvalue weighted by Gasteiger charge is -2.27. The minimum atomic E-state index is -5.41. The standard InChI is InChI=1S/C25H33F5N4O5/c26-17-10-9-16(18(27)13-17)14-32-21(35)20(12-15-6-2-1-3-7-15)34-24(38)33-19(8-4-5-11-31)22(36)39-23(37)25(28,29)30/h9-10,13,15,19-20H,1-8,11-12,14,31H2,(H,32,35)(H2,33,34,38)/t19-,20+/m0/s1. The molecule has 218 valence electrons. The molecule has 0 heterocycles. The lowest BCUT2D eigenvalue weighted by molar-refractivity contribution is -0.202. The molecular formula is C25H33F5N4O5. The van der Waals surface area contributed by atoms with Crippen LogP contribution in [0.15, 0.2) is 18.2 Å². The van der Waals surface area contributed by atoms with Gasteiger partial charge in [-0.1, -0.05) is 38.2 Å². The zero-order valence-corrected chi connectivity index (χ0v) is 21.3. The van der Waals surface area contributed by atoms with E-state index in [1.165, 1.54) is 6.07 Å². The summed E-state index contributed by atoms with van der Waals surface area (Å²) < 4.78 is 68.6. The van der Waals surface area contributed by atoms with Crippen LogP contribution in [0.2, 0.25) is 0 Å². The van der Waals surface area contributed by atoms with Gasteiger partial charge in [0.05, 0.1) is 0 Å². The van der Waals surface area contributed by atoms with E-state index in [4.69, 9.17) is 5.73 Å². The van der Waals surface area contributed by atoms with E-state index < -0.39 is 53.8 Å². The summed E-state index contributed by atoms with van der Waals surface area (Å²) in [6, 6.07) is -0.929. The van der Waals surface area contributed by atoms with Crippen molar-refractivity contribution in [3.8, 4) is 0 Å². The van der Waals surface area contributed by atoms with Crippen LogP contribution in [0.4, 0.5) is 26.7 Å². The summed E-state index contributed by atoms with van der Waals surface area (Å²) in [5.74, 6) is -6.56. The molecule has 3 amide bonds. The van der Waals surface area contributed by atoms with Gasteiger partial charge in [-0.25, -0.2) is 23.2 Å². The summed E-state index contributed by atoms with van der Waals surface area (Å²) in [7, 11) is 0. The third kappa shape index (κ3) is 11.2. The normalized spacial score (nSPS) is 15.6. The molecular weight excluding hydrogens is 531 g/mol. The smallest absolute Gasteiger partial charge is 0.385 e. The second-order valence-electron chi connectivity index (χ2n) is 9.41. The highest BCUT2D eigenvalue weighted by molar-refractivity contribution is 5.93. The maximum absolute atomic E-state index is 14.0. The van der Waals surface area contributed by atoms with Gasteiger partial charge in [-0.15, -0.1) is 0 Å². The van der Waals surface area contributed by atoms with Crippen LogP contribution in [0.25, 0.3) is 0 Å². The molecule has 2 atom stereocenters. The highest BCUT2D eigenvalue weighted by Gasteiger charge is 2.43. The Balaban J connectivity index is 2.10. The first-order valence-corrected chi connectivity index (χ1v) is 12.7. The van der Waals surface area contributed by atoms with Crippen molar-refractivity contribution in [2.75, 3.05) is 6.54 Å². The minimum Gasteiger partial charge on any atom is -0.385 e. The van der Waals surface area contributed by atoms with E-state index in [0.717, 1.165) is 38.2 Å². The van der Waals surface area contributed by atoms with Gasteiger partial charge in [-0.2, -0.15) is 13.2 Å². The van der Waals surface area contributed by atoms with Gasteiger partial charge in [-0.3, -0.25) is 4.79 Å². The van der Waals surface area contributed by atoms with Crippen molar-refractivity contribution in [2.24, 2.45) is 11.7 Å². The summed E-state index contributed by atoms with van der Waals surface area (Å²) in [5.41, 5.74) is 5.42. The van der Waals surface area contributed by atoms with Crippen LogP contribution in [0.3, 0.4) is 0 Å². The summed E-state index contributed by atoms with van der Waals surface area (Å²) in [6.07, 6.45) is -0.207. The van der Waals surface area contributed by atoms with Crippen molar-refractivity contribution in [3.05, 3.63) is 35.4 Å². The molecule has 0 saturated heterocycles. The fourth-order valence-electron chi connectivity index (χ4n) is 4.28. The van der Waals surface area contributed by atoms with Crippen LogP contribution in [0.1, 0.15) is 63.4 Å². The molecule has 39 heavy (non-hydrogen) atoms. The number of nitrogens with one attached hydrogen (secondary N) is 3. The number of hydrogen-bond acceptors (Lipinski definition) is 6. The topological polar surface area (TPSA) is 140 Å². The molecule has 9 nitrogen and oxygen atoms in total. The van der Waals surface area contributed by atoms with Crippen LogP contribution in [0.5, 0.6) is 0 Å². The number of nitrogens with two attached hydrogens (primary N) is 1. The van der Waals surface area contributed by atoms with Gasteiger partial charge in [0.2, 0.25) is 5.91 Å². The molecule has 5 N–H and O–H groups in total. The lowest BCUT2D eigenvalue weighted by atomic mass is 9.84. The number of carbonyl (C=O) groups is 4. The molecule has 1 saturated carbocycles. The molecule has 1 aliphatic rings. The van der Waals surface area contributed by atoms with Crippen molar-refractivity contribution < 1.29 is 45.9 Å². The second kappa shape index (κ2) is 15.3. The first kappa shape index (κ1) is 31.9.